The molecule has 3 saturated heterocycles. The first kappa shape index (κ1) is 23.6. The van der Waals surface area contributed by atoms with Crippen LogP contribution in [0.15, 0.2) is 48.5 Å². The predicted octanol–water partition coefficient (Wildman–Crippen LogP) is 4.71. The van der Waals surface area contributed by atoms with Gasteiger partial charge in [-0.3, -0.25) is 0 Å². The summed E-state index contributed by atoms with van der Waals surface area (Å²) in [4.78, 5) is 14.5. The molecule has 0 spiro atoms. The maximum atomic E-state index is 14.7. The number of ether oxygens (including phenoxy) is 1. The quantitative estimate of drug-likeness (QED) is 0.401. The molecule has 3 aromatic carbocycles. The lowest BCUT2D eigenvalue weighted by molar-refractivity contribution is 0.188. The summed E-state index contributed by atoms with van der Waals surface area (Å²) in [5, 5.41) is 16.2. The minimum atomic E-state index is -0.601. The summed E-state index contributed by atoms with van der Waals surface area (Å²) < 4.78 is 20.9. The Kier molecular flexibility index (Phi) is 5.82. The zero-order valence-electron chi connectivity index (χ0n) is 21.5. The number of anilines is 1. The van der Waals surface area contributed by atoms with E-state index in [4.69, 9.17) is 14.7 Å². The van der Waals surface area contributed by atoms with Gasteiger partial charge in [-0.1, -0.05) is 30.3 Å². The minimum Gasteiger partial charge on any atom is -0.505 e. The standard InChI is InChI=1S/C30H32FN5O2/c1-35-12-4-5-21(35)17-38-30-33-26-13-18(25-14-27(37)28(31)23-7-3-2-6-22(23)25)8-11-24(26)29(34-30)36-15-19-9-10-20(16-36)32-19/h2-3,6-8,11,13-14,19-21,32,37H,4-5,9-10,12,15-17H2,1H3/t19?,20?,21-/m0/s1. The van der Waals surface area contributed by atoms with Crippen molar-refractivity contribution in [3.05, 3.63) is 54.3 Å². The Hall–Kier alpha value is -3.49. The van der Waals surface area contributed by atoms with Crippen molar-refractivity contribution < 1.29 is 14.2 Å². The maximum absolute atomic E-state index is 14.7. The van der Waals surface area contributed by atoms with Gasteiger partial charge < -0.3 is 25.0 Å². The fourth-order valence-corrected chi connectivity index (χ4v) is 6.46. The topological polar surface area (TPSA) is 73.8 Å². The van der Waals surface area contributed by atoms with Gasteiger partial charge in [0.2, 0.25) is 0 Å². The van der Waals surface area contributed by atoms with Gasteiger partial charge in [-0.05, 0) is 74.0 Å². The Labute approximate surface area is 221 Å². The van der Waals surface area contributed by atoms with Crippen molar-refractivity contribution in [2.75, 3.05) is 38.2 Å². The molecule has 0 saturated carbocycles. The first-order valence-electron chi connectivity index (χ1n) is 13.6. The number of likely N-dealkylation sites (tertiary alicyclic amines) is 1. The van der Waals surface area contributed by atoms with Crippen molar-refractivity contribution in [3.63, 3.8) is 0 Å². The molecule has 3 atom stereocenters. The summed E-state index contributed by atoms with van der Waals surface area (Å²) in [5.41, 5.74) is 2.40. The number of likely N-dealkylation sites (N-methyl/N-ethyl adjacent to an activating group) is 1. The summed E-state index contributed by atoms with van der Waals surface area (Å²) in [5.74, 6) is -0.0552. The van der Waals surface area contributed by atoms with Crippen LogP contribution in [0, 0.1) is 5.82 Å². The van der Waals surface area contributed by atoms with Crippen LogP contribution in [0.3, 0.4) is 0 Å². The largest absolute Gasteiger partial charge is 0.505 e. The predicted molar refractivity (Wildman–Crippen MR) is 147 cm³/mol. The zero-order chi connectivity index (χ0) is 25.8. The molecule has 3 fully saturated rings. The van der Waals surface area contributed by atoms with Crippen LogP contribution in [-0.4, -0.2) is 71.4 Å². The summed E-state index contributed by atoms with van der Waals surface area (Å²) in [6.07, 6.45) is 4.67. The fourth-order valence-electron chi connectivity index (χ4n) is 6.46. The van der Waals surface area contributed by atoms with Gasteiger partial charge in [0, 0.05) is 42.0 Å². The van der Waals surface area contributed by atoms with Crippen LogP contribution in [0.4, 0.5) is 10.2 Å². The molecule has 7 nitrogen and oxygen atoms in total. The van der Waals surface area contributed by atoms with Gasteiger partial charge in [0.05, 0.1) is 5.52 Å². The van der Waals surface area contributed by atoms with Crippen LogP contribution in [0.2, 0.25) is 0 Å². The number of phenolic OH excluding ortho intramolecular Hbond substituents is 1. The Morgan fingerprint density at radius 1 is 1.00 bits per heavy atom. The number of aromatic hydroxyl groups is 1. The highest BCUT2D eigenvalue weighted by Crippen LogP contribution is 2.38. The maximum Gasteiger partial charge on any atom is 0.319 e. The smallest absolute Gasteiger partial charge is 0.319 e. The highest BCUT2D eigenvalue weighted by molar-refractivity contribution is 6.01. The third-order valence-electron chi connectivity index (χ3n) is 8.52. The van der Waals surface area contributed by atoms with Crippen molar-refractivity contribution in [2.24, 2.45) is 0 Å². The molecule has 0 radical (unpaired) electrons. The summed E-state index contributed by atoms with van der Waals surface area (Å²) in [7, 11) is 2.14. The van der Waals surface area contributed by atoms with Crippen LogP contribution >= 0.6 is 0 Å². The van der Waals surface area contributed by atoms with Gasteiger partial charge >= 0.3 is 6.01 Å². The highest BCUT2D eigenvalue weighted by Gasteiger charge is 2.34. The number of nitrogens with zero attached hydrogens (tertiary/aromatic N) is 4. The normalized spacial score (nSPS) is 23.5. The molecule has 2 bridgehead atoms. The highest BCUT2D eigenvalue weighted by atomic mass is 19.1. The molecule has 2 unspecified atom stereocenters. The average molecular weight is 514 g/mol. The number of hydrogen-bond donors (Lipinski definition) is 2. The summed E-state index contributed by atoms with van der Waals surface area (Å²) in [6.45, 7) is 3.46. The monoisotopic (exact) mass is 513 g/mol. The van der Waals surface area contributed by atoms with Crippen molar-refractivity contribution in [1.82, 2.24) is 20.2 Å². The number of phenols is 1. The third-order valence-corrected chi connectivity index (χ3v) is 8.52. The van der Waals surface area contributed by atoms with Crippen LogP contribution in [0.5, 0.6) is 11.8 Å². The number of hydrogen-bond acceptors (Lipinski definition) is 7. The van der Waals surface area contributed by atoms with E-state index >= 15 is 0 Å². The number of rotatable bonds is 5. The Bertz CT molecular complexity index is 1520. The number of aromatic nitrogens is 2. The molecule has 196 valence electrons. The Balaban J connectivity index is 1.33. The van der Waals surface area contributed by atoms with Gasteiger partial charge in [0.15, 0.2) is 11.6 Å². The summed E-state index contributed by atoms with van der Waals surface area (Å²) >= 11 is 0. The lowest BCUT2D eigenvalue weighted by atomic mass is 9.96. The van der Waals surface area contributed by atoms with Gasteiger partial charge in [0.25, 0.3) is 0 Å². The first-order valence-corrected chi connectivity index (χ1v) is 13.6. The van der Waals surface area contributed by atoms with Gasteiger partial charge in [0.1, 0.15) is 12.4 Å². The molecule has 3 aliphatic rings. The third kappa shape index (κ3) is 4.12. The van der Waals surface area contributed by atoms with Gasteiger partial charge in [-0.25, -0.2) is 4.39 Å². The number of piperazine rings is 1. The van der Waals surface area contributed by atoms with E-state index in [2.05, 4.69) is 22.2 Å². The SMILES string of the molecule is CN1CCC[C@H]1COc1nc(N2CC3CCC(C2)N3)c2ccc(-c3cc(O)c(F)c4ccccc34)cc2n1. The summed E-state index contributed by atoms with van der Waals surface area (Å²) in [6, 6.07) is 16.5. The Morgan fingerprint density at radius 3 is 2.55 bits per heavy atom. The van der Waals surface area contributed by atoms with Crippen molar-refractivity contribution in [2.45, 2.75) is 43.8 Å². The average Bonchev–Trinajstić information content (AvgIpc) is 3.51. The van der Waals surface area contributed by atoms with Crippen molar-refractivity contribution >= 4 is 27.5 Å². The lowest BCUT2D eigenvalue weighted by Crippen LogP contribution is -2.51. The molecule has 2 N–H and O–H groups in total. The second-order valence-corrected chi connectivity index (χ2v) is 11.0. The van der Waals surface area contributed by atoms with E-state index in [1.165, 1.54) is 25.3 Å². The molecule has 3 aliphatic heterocycles. The molecule has 4 aromatic rings. The van der Waals surface area contributed by atoms with E-state index in [9.17, 15) is 9.50 Å². The number of benzene rings is 3. The molecule has 1 aromatic heterocycles. The lowest BCUT2D eigenvalue weighted by Gasteiger charge is -2.34. The number of halogens is 1. The van der Waals surface area contributed by atoms with Crippen LogP contribution in [0.25, 0.3) is 32.8 Å². The van der Waals surface area contributed by atoms with E-state index in [1.54, 1.807) is 12.1 Å². The van der Waals surface area contributed by atoms with Gasteiger partial charge in [-0.15, -0.1) is 0 Å². The number of nitrogens with one attached hydrogen (secondary N) is 1. The van der Waals surface area contributed by atoms with Gasteiger partial charge in [-0.2, -0.15) is 9.97 Å². The van der Waals surface area contributed by atoms with E-state index in [-0.39, 0.29) is 5.75 Å². The van der Waals surface area contributed by atoms with E-state index < -0.39 is 5.82 Å². The fraction of sp³-hybridized carbons (Fsp3) is 0.400. The Morgan fingerprint density at radius 2 is 1.79 bits per heavy atom. The second kappa shape index (κ2) is 9.36. The van der Waals surface area contributed by atoms with Crippen LogP contribution in [-0.2, 0) is 0 Å². The minimum absolute atomic E-state index is 0.358. The zero-order valence-corrected chi connectivity index (χ0v) is 21.5. The second-order valence-electron chi connectivity index (χ2n) is 11.0. The molecule has 38 heavy (non-hydrogen) atoms. The molecule has 0 amide bonds. The van der Waals surface area contributed by atoms with E-state index in [0.717, 1.165) is 59.3 Å². The van der Waals surface area contributed by atoms with Crippen LogP contribution in [0.1, 0.15) is 25.7 Å². The van der Waals surface area contributed by atoms with Crippen LogP contribution < -0.4 is 15.0 Å². The van der Waals surface area contributed by atoms with Crippen molar-refractivity contribution in [1.29, 1.82) is 0 Å². The molecule has 0 aliphatic carbocycles. The molecule has 7 rings (SSSR count). The molecular weight excluding hydrogens is 481 g/mol. The molecule has 4 heterocycles. The van der Waals surface area contributed by atoms with E-state index in [0.29, 0.717) is 36.1 Å². The molecule has 8 heteroatoms. The van der Waals surface area contributed by atoms with Crippen molar-refractivity contribution in [3.8, 4) is 22.9 Å². The molecular formula is C30H32FN5O2. The first-order chi connectivity index (χ1) is 18.5. The van der Waals surface area contributed by atoms with E-state index in [1.807, 2.05) is 30.3 Å². The number of fused-ring (bicyclic) bond motifs is 4.